The van der Waals surface area contributed by atoms with Crippen molar-refractivity contribution in [3.05, 3.63) is 89.8 Å². The molecule has 0 atom stereocenters. The predicted molar refractivity (Wildman–Crippen MR) is 122 cm³/mol. The molecular weight excluding hydrogens is 412 g/mol. The summed E-state index contributed by atoms with van der Waals surface area (Å²) in [6.07, 6.45) is 0.569. The molecule has 0 saturated carbocycles. The molecule has 0 saturated heterocycles. The Kier molecular flexibility index (Phi) is 6.34. The number of methoxy groups -OCH3 is 1. The number of nitrogens with one attached hydrogen (secondary N) is 1. The van der Waals surface area contributed by atoms with E-state index in [0.29, 0.717) is 34.5 Å². The van der Waals surface area contributed by atoms with Crippen LogP contribution in [0.5, 0.6) is 5.75 Å². The van der Waals surface area contributed by atoms with Crippen LogP contribution in [0.2, 0.25) is 5.02 Å². The van der Waals surface area contributed by atoms with Gasteiger partial charge in [0.05, 0.1) is 12.8 Å². The van der Waals surface area contributed by atoms with Gasteiger partial charge in [-0.05, 0) is 18.2 Å². The lowest BCUT2D eigenvalue weighted by molar-refractivity contribution is -0.116. The van der Waals surface area contributed by atoms with Crippen molar-refractivity contribution >= 4 is 23.2 Å². The Morgan fingerprint density at radius 1 is 1.00 bits per heavy atom. The number of carbonyl (C=O) groups excluding carboxylic acids is 1. The molecule has 0 unspecified atom stereocenters. The normalized spacial score (nSPS) is 10.6. The van der Waals surface area contributed by atoms with Gasteiger partial charge >= 0.3 is 0 Å². The van der Waals surface area contributed by atoms with Crippen LogP contribution in [-0.2, 0) is 11.2 Å². The summed E-state index contributed by atoms with van der Waals surface area (Å²) in [4.78, 5) is 17.2. The van der Waals surface area contributed by atoms with Crippen LogP contribution in [0.3, 0.4) is 0 Å². The van der Waals surface area contributed by atoms with E-state index in [1.54, 1.807) is 25.3 Å². The molecule has 4 aromatic rings. The van der Waals surface area contributed by atoms with Crippen LogP contribution in [-0.4, -0.2) is 18.0 Å². The number of aryl methyl sites for hydroxylation is 1. The van der Waals surface area contributed by atoms with Gasteiger partial charge in [0.15, 0.2) is 11.7 Å². The first-order valence-corrected chi connectivity index (χ1v) is 10.3. The van der Waals surface area contributed by atoms with Crippen LogP contribution in [0.15, 0.2) is 83.3 Å². The lowest BCUT2D eigenvalue weighted by Gasteiger charge is -2.10. The second-order valence-corrected chi connectivity index (χ2v) is 7.35. The molecule has 1 amide bonds. The molecule has 5 nitrogen and oxygen atoms in total. The largest absolute Gasteiger partial charge is 0.495 e. The van der Waals surface area contributed by atoms with Crippen LogP contribution < -0.4 is 10.1 Å². The fourth-order valence-corrected chi connectivity index (χ4v) is 3.43. The molecule has 0 aliphatic carbocycles. The minimum absolute atomic E-state index is 0.179. The van der Waals surface area contributed by atoms with Crippen molar-refractivity contribution in [1.29, 1.82) is 0 Å². The van der Waals surface area contributed by atoms with Gasteiger partial charge in [0, 0.05) is 29.0 Å². The summed E-state index contributed by atoms with van der Waals surface area (Å²) in [5, 5.41) is 3.36. The number of ether oxygens (including phenoxy) is 1. The molecule has 1 heterocycles. The Balaban J connectivity index is 1.53. The zero-order chi connectivity index (χ0) is 21.6. The molecule has 0 radical (unpaired) electrons. The van der Waals surface area contributed by atoms with Crippen molar-refractivity contribution < 1.29 is 13.9 Å². The number of amides is 1. The second-order valence-electron chi connectivity index (χ2n) is 6.91. The van der Waals surface area contributed by atoms with E-state index in [1.807, 2.05) is 60.7 Å². The van der Waals surface area contributed by atoms with Crippen LogP contribution in [0.25, 0.3) is 22.6 Å². The van der Waals surface area contributed by atoms with Crippen LogP contribution >= 0.6 is 11.6 Å². The van der Waals surface area contributed by atoms with Gasteiger partial charge in [-0.2, -0.15) is 0 Å². The van der Waals surface area contributed by atoms with E-state index in [1.165, 1.54) is 0 Å². The van der Waals surface area contributed by atoms with Crippen molar-refractivity contribution in [1.82, 2.24) is 4.98 Å². The van der Waals surface area contributed by atoms with Crippen molar-refractivity contribution in [2.45, 2.75) is 12.8 Å². The first-order valence-electron chi connectivity index (χ1n) is 9.88. The monoisotopic (exact) mass is 432 g/mol. The maximum absolute atomic E-state index is 12.5. The average molecular weight is 433 g/mol. The molecule has 0 aliphatic rings. The van der Waals surface area contributed by atoms with Gasteiger partial charge < -0.3 is 14.5 Å². The Morgan fingerprint density at radius 3 is 2.35 bits per heavy atom. The van der Waals surface area contributed by atoms with Crippen molar-refractivity contribution in [2.24, 2.45) is 0 Å². The Labute approximate surface area is 185 Å². The molecule has 1 aromatic heterocycles. The Bertz CT molecular complexity index is 1120. The van der Waals surface area contributed by atoms with Gasteiger partial charge in [-0.25, -0.2) is 4.98 Å². The highest BCUT2D eigenvalue weighted by Gasteiger charge is 2.18. The summed E-state index contributed by atoms with van der Waals surface area (Å²) < 4.78 is 11.4. The van der Waals surface area contributed by atoms with Gasteiger partial charge in [0.1, 0.15) is 11.4 Å². The molecule has 6 heteroatoms. The molecular formula is C25H21ClN2O3. The lowest BCUT2D eigenvalue weighted by Crippen LogP contribution is -2.13. The smallest absolute Gasteiger partial charge is 0.224 e. The Hall–Kier alpha value is -3.57. The minimum Gasteiger partial charge on any atom is -0.495 e. The topological polar surface area (TPSA) is 64.4 Å². The standard InChI is InChI=1S/C25H21ClN2O3/c1-30-21-13-12-19(26)16-20(21)27-22(29)14-15-23-28-24(17-8-4-2-5-9-17)25(31-23)18-10-6-3-7-11-18/h2-13,16H,14-15H2,1H3,(H,27,29). The first-order chi connectivity index (χ1) is 15.1. The third-order valence-corrected chi connectivity index (χ3v) is 4.99. The minimum atomic E-state index is -0.179. The van der Waals surface area contributed by atoms with E-state index in [2.05, 4.69) is 5.32 Å². The molecule has 0 bridgehead atoms. The third kappa shape index (κ3) is 4.95. The number of benzene rings is 3. The quantitative estimate of drug-likeness (QED) is 0.375. The number of rotatable bonds is 7. The van der Waals surface area contributed by atoms with Crippen LogP contribution in [0.4, 0.5) is 5.69 Å². The van der Waals surface area contributed by atoms with E-state index in [-0.39, 0.29) is 12.3 Å². The van der Waals surface area contributed by atoms with E-state index in [4.69, 9.17) is 25.7 Å². The fraction of sp³-hybridized carbons (Fsp3) is 0.120. The molecule has 0 fully saturated rings. The zero-order valence-corrected chi connectivity index (χ0v) is 17.7. The molecule has 4 rings (SSSR count). The molecule has 0 aliphatic heterocycles. The van der Waals surface area contributed by atoms with Crippen molar-refractivity contribution in [2.75, 3.05) is 12.4 Å². The number of hydrogen-bond acceptors (Lipinski definition) is 4. The van der Waals surface area contributed by atoms with Crippen molar-refractivity contribution in [3.8, 4) is 28.3 Å². The van der Waals surface area contributed by atoms with Gasteiger partial charge in [-0.3, -0.25) is 4.79 Å². The summed E-state index contributed by atoms with van der Waals surface area (Å²) in [7, 11) is 1.54. The van der Waals surface area contributed by atoms with Crippen molar-refractivity contribution in [3.63, 3.8) is 0 Å². The number of nitrogens with zero attached hydrogens (tertiary/aromatic N) is 1. The fourth-order valence-electron chi connectivity index (χ4n) is 3.26. The van der Waals surface area contributed by atoms with E-state index in [0.717, 1.165) is 16.8 Å². The predicted octanol–water partition coefficient (Wildman–Crippen LogP) is 6.24. The number of anilines is 1. The molecule has 31 heavy (non-hydrogen) atoms. The summed E-state index contributed by atoms with van der Waals surface area (Å²) in [6.45, 7) is 0. The van der Waals surface area contributed by atoms with Gasteiger partial charge in [0.25, 0.3) is 0 Å². The first kappa shape index (κ1) is 20.7. The summed E-state index contributed by atoms with van der Waals surface area (Å²) in [5.74, 6) is 1.57. The lowest BCUT2D eigenvalue weighted by atomic mass is 10.1. The van der Waals surface area contributed by atoms with Gasteiger partial charge in [0.2, 0.25) is 5.91 Å². The summed E-state index contributed by atoms with van der Waals surface area (Å²) in [5.41, 5.74) is 3.19. The maximum atomic E-state index is 12.5. The van der Waals surface area contributed by atoms with E-state index >= 15 is 0 Å². The number of hydrogen-bond donors (Lipinski definition) is 1. The summed E-state index contributed by atoms with van der Waals surface area (Å²) >= 11 is 6.03. The second kappa shape index (κ2) is 9.49. The SMILES string of the molecule is COc1ccc(Cl)cc1NC(=O)CCc1nc(-c2ccccc2)c(-c2ccccc2)o1. The highest BCUT2D eigenvalue weighted by Crippen LogP contribution is 2.33. The van der Waals surface area contributed by atoms with Gasteiger partial charge in [-0.15, -0.1) is 0 Å². The summed E-state index contributed by atoms with van der Waals surface area (Å²) in [6, 6.07) is 24.8. The average Bonchev–Trinajstić information content (AvgIpc) is 3.23. The number of oxazole rings is 1. The highest BCUT2D eigenvalue weighted by molar-refractivity contribution is 6.31. The number of aromatic nitrogens is 1. The molecule has 156 valence electrons. The van der Waals surface area contributed by atoms with Gasteiger partial charge in [-0.1, -0.05) is 72.3 Å². The maximum Gasteiger partial charge on any atom is 0.224 e. The molecule has 0 spiro atoms. The molecule has 1 N–H and O–H groups in total. The van der Waals surface area contributed by atoms with E-state index < -0.39 is 0 Å². The zero-order valence-electron chi connectivity index (χ0n) is 17.0. The Morgan fingerprint density at radius 2 is 1.68 bits per heavy atom. The molecule has 3 aromatic carbocycles. The number of halogens is 1. The number of carbonyl (C=O) groups is 1. The third-order valence-electron chi connectivity index (χ3n) is 4.76. The van der Waals surface area contributed by atoms with Crippen LogP contribution in [0, 0.1) is 0 Å². The highest BCUT2D eigenvalue weighted by atomic mass is 35.5. The van der Waals surface area contributed by atoms with Crippen LogP contribution in [0.1, 0.15) is 12.3 Å². The van der Waals surface area contributed by atoms with E-state index in [9.17, 15) is 4.79 Å².